The van der Waals surface area contributed by atoms with Crippen LogP contribution >= 0.6 is 0 Å². The summed E-state index contributed by atoms with van der Waals surface area (Å²) in [4.78, 5) is 21.9. The number of benzene rings is 1. The third-order valence-electron chi connectivity index (χ3n) is 2.05. The number of aromatic nitrogens is 3. The number of para-hydroxylation sites is 1. The molecule has 0 radical (unpaired) electrons. The number of carbonyl (C=O) groups excluding carboxylic acids is 1. The predicted molar refractivity (Wildman–Crippen MR) is 56.5 cm³/mol. The Kier molecular flexibility index (Phi) is 2.53. The summed E-state index contributed by atoms with van der Waals surface area (Å²) in [7, 11) is 0. The van der Waals surface area contributed by atoms with Gasteiger partial charge in [0.25, 0.3) is 5.91 Å². The molecular formula is C9H7N5O3. The lowest BCUT2D eigenvalue weighted by atomic mass is 10.2. The van der Waals surface area contributed by atoms with Gasteiger partial charge in [-0.15, -0.1) is 5.10 Å². The van der Waals surface area contributed by atoms with E-state index in [0.29, 0.717) is 5.69 Å². The first kappa shape index (κ1) is 10.7. The van der Waals surface area contributed by atoms with Crippen LogP contribution in [0.15, 0.2) is 30.5 Å². The van der Waals surface area contributed by atoms with Crippen molar-refractivity contribution in [2.75, 3.05) is 0 Å². The quantitative estimate of drug-likeness (QED) is 0.603. The van der Waals surface area contributed by atoms with Crippen LogP contribution in [0.1, 0.15) is 10.4 Å². The van der Waals surface area contributed by atoms with E-state index >= 15 is 0 Å². The Morgan fingerprint density at radius 2 is 2.12 bits per heavy atom. The van der Waals surface area contributed by atoms with E-state index in [2.05, 4.69) is 10.2 Å². The van der Waals surface area contributed by atoms with Crippen molar-refractivity contribution >= 4 is 11.7 Å². The van der Waals surface area contributed by atoms with Crippen LogP contribution in [-0.2, 0) is 0 Å². The monoisotopic (exact) mass is 233 g/mol. The fourth-order valence-electron chi connectivity index (χ4n) is 1.31. The molecule has 0 saturated heterocycles. The Bertz CT molecular complexity index is 592. The first-order valence-corrected chi connectivity index (χ1v) is 4.55. The molecule has 0 unspecified atom stereocenters. The standard InChI is InChI=1S/C9H7N5O3/c10-9(15)6-3-1-2-4-7(6)13-11-5-8(12-13)14(16)17/h1-5H,(H2,10,15). The third kappa shape index (κ3) is 1.95. The molecule has 8 heteroatoms. The molecule has 1 aromatic carbocycles. The molecule has 0 aliphatic heterocycles. The van der Waals surface area contributed by atoms with Crippen LogP contribution < -0.4 is 5.73 Å². The van der Waals surface area contributed by atoms with Crippen molar-refractivity contribution in [3.63, 3.8) is 0 Å². The highest BCUT2D eigenvalue weighted by Crippen LogP contribution is 2.13. The predicted octanol–water partition coefficient (Wildman–Crippen LogP) is 0.274. The molecule has 2 aromatic rings. The maximum Gasteiger partial charge on any atom is 0.410 e. The van der Waals surface area contributed by atoms with Gasteiger partial charge >= 0.3 is 5.82 Å². The molecule has 2 N–H and O–H groups in total. The summed E-state index contributed by atoms with van der Waals surface area (Å²) < 4.78 is 0. The van der Waals surface area contributed by atoms with Crippen LogP contribution in [0.4, 0.5) is 5.82 Å². The average molecular weight is 233 g/mol. The molecule has 0 atom stereocenters. The van der Waals surface area contributed by atoms with Crippen LogP contribution in [0.3, 0.4) is 0 Å². The van der Waals surface area contributed by atoms with Crippen molar-refractivity contribution in [1.29, 1.82) is 0 Å². The molecule has 2 rings (SSSR count). The number of nitrogens with two attached hydrogens (primary N) is 1. The molecule has 0 fully saturated rings. The average Bonchev–Trinajstić information content (AvgIpc) is 2.78. The van der Waals surface area contributed by atoms with E-state index < -0.39 is 16.6 Å². The molecular weight excluding hydrogens is 226 g/mol. The van der Waals surface area contributed by atoms with E-state index in [1.165, 1.54) is 6.07 Å². The topological polar surface area (TPSA) is 117 Å². The summed E-state index contributed by atoms with van der Waals surface area (Å²) in [5.74, 6) is -1.05. The van der Waals surface area contributed by atoms with E-state index in [9.17, 15) is 14.9 Å². The van der Waals surface area contributed by atoms with E-state index in [0.717, 1.165) is 11.0 Å². The Morgan fingerprint density at radius 1 is 1.41 bits per heavy atom. The molecule has 8 nitrogen and oxygen atoms in total. The zero-order valence-corrected chi connectivity index (χ0v) is 8.48. The summed E-state index contributed by atoms with van der Waals surface area (Å²) in [6.45, 7) is 0. The van der Waals surface area contributed by atoms with Gasteiger partial charge in [-0.25, -0.2) is 0 Å². The zero-order valence-electron chi connectivity index (χ0n) is 8.48. The van der Waals surface area contributed by atoms with Gasteiger partial charge in [-0.3, -0.25) is 4.79 Å². The van der Waals surface area contributed by atoms with Gasteiger partial charge in [-0.05, 0) is 17.1 Å². The smallest absolute Gasteiger partial charge is 0.366 e. The number of hydrogen-bond donors (Lipinski definition) is 1. The van der Waals surface area contributed by atoms with Gasteiger partial charge in [0, 0.05) is 0 Å². The minimum atomic E-state index is -0.670. The number of nitrogens with zero attached hydrogens (tertiary/aromatic N) is 4. The van der Waals surface area contributed by atoms with Gasteiger partial charge in [0.1, 0.15) is 5.69 Å². The summed E-state index contributed by atoms with van der Waals surface area (Å²) in [6.07, 6.45) is 0.998. The molecule has 1 amide bonds. The Morgan fingerprint density at radius 3 is 2.71 bits per heavy atom. The second kappa shape index (κ2) is 4.00. The van der Waals surface area contributed by atoms with Crippen molar-refractivity contribution in [1.82, 2.24) is 15.0 Å². The molecule has 1 heterocycles. The minimum absolute atomic E-state index is 0.193. The largest absolute Gasteiger partial charge is 0.410 e. The fourth-order valence-corrected chi connectivity index (χ4v) is 1.31. The minimum Gasteiger partial charge on any atom is -0.366 e. The highest BCUT2D eigenvalue weighted by atomic mass is 16.6. The summed E-state index contributed by atoms with van der Waals surface area (Å²) in [5, 5.41) is 17.8. The van der Waals surface area contributed by atoms with Crippen LogP contribution in [0.5, 0.6) is 0 Å². The Labute approximate surface area is 94.8 Å². The number of carbonyl (C=O) groups is 1. The zero-order chi connectivity index (χ0) is 12.4. The van der Waals surface area contributed by atoms with Gasteiger partial charge in [0.05, 0.1) is 10.7 Å². The number of primary amides is 1. The molecule has 1 aromatic heterocycles. The molecule has 0 saturated carbocycles. The normalized spacial score (nSPS) is 10.1. The van der Waals surface area contributed by atoms with Crippen LogP contribution in [0, 0.1) is 10.1 Å². The summed E-state index contributed by atoms with van der Waals surface area (Å²) in [6, 6.07) is 6.31. The van der Waals surface area contributed by atoms with Crippen molar-refractivity contribution in [3.05, 3.63) is 46.1 Å². The van der Waals surface area contributed by atoms with E-state index in [1.54, 1.807) is 18.2 Å². The van der Waals surface area contributed by atoms with Crippen molar-refractivity contribution < 1.29 is 9.72 Å². The molecule has 86 valence electrons. The van der Waals surface area contributed by atoms with E-state index in [1.807, 2.05) is 0 Å². The molecule has 0 aliphatic carbocycles. The lowest BCUT2D eigenvalue weighted by Gasteiger charge is -2.00. The van der Waals surface area contributed by atoms with Crippen molar-refractivity contribution in [2.45, 2.75) is 0 Å². The van der Waals surface area contributed by atoms with Gasteiger partial charge < -0.3 is 15.8 Å². The summed E-state index contributed by atoms with van der Waals surface area (Å²) >= 11 is 0. The molecule has 17 heavy (non-hydrogen) atoms. The maximum atomic E-state index is 11.2. The van der Waals surface area contributed by atoms with E-state index in [-0.39, 0.29) is 5.56 Å². The highest BCUT2D eigenvalue weighted by Gasteiger charge is 2.17. The molecule has 0 spiro atoms. The van der Waals surface area contributed by atoms with Gasteiger partial charge in [-0.1, -0.05) is 16.9 Å². The highest BCUT2D eigenvalue weighted by molar-refractivity contribution is 5.96. The third-order valence-corrected chi connectivity index (χ3v) is 2.05. The first-order valence-electron chi connectivity index (χ1n) is 4.55. The Balaban J connectivity index is 2.52. The maximum absolute atomic E-state index is 11.2. The lowest BCUT2D eigenvalue weighted by molar-refractivity contribution is -0.389. The Hall–Kier alpha value is -2.77. The van der Waals surface area contributed by atoms with Crippen LogP contribution in [-0.4, -0.2) is 25.8 Å². The van der Waals surface area contributed by atoms with Crippen molar-refractivity contribution in [2.24, 2.45) is 5.73 Å². The number of hydrogen-bond acceptors (Lipinski definition) is 5. The lowest BCUT2D eigenvalue weighted by Crippen LogP contribution is -2.15. The van der Waals surface area contributed by atoms with Gasteiger partial charge in [0.2, 0.25) is 0 Å². The number of amides is 1. The molecule has 0 aliphatic rings. The number of nitro groups is 1. The first-order chi connectivity index (χ1) is 8.09. The van der Waals surface area contributed by atoms with Crippen LogP contribution in [0.25, 0.3) is 5.69 Å². The fraction of sp³-hybridized carbons (Fsp3) is 0. The second-order valence-electron chi connectivity index (χ2n) is 3.13. The van der Waals surface area contributed by atoms with Crippen LogP contribution in [0.2, 0.25) is 0 Å². The van der Waals surface area contributed by atoms with Crippen molar-refractivity contribution in [3.8, 4) is 5.69 Å². The number of rotatable bonds is 3. The van der Waals surface area contributed by atoms with Gasteiger partial charge in [0.15, 0.2) is 6.20 Å². The SMILES string of the molecule is NC(=O)c1ccccc1-n1ncc([N+](=O)[O-])n1. The van der Waals surface area contributed by atoms with Gasteiger partial charge in [-0.2, -0.15) is 0 Å². The second-order valence-corrected chi connectivity index (χ2v) is 3.13. The van der Waals surface area contributed by atoms with E-state index in [4.69, 9.17) is 5.73 Å². The summed E-state index contributed by atoms with van der Waals surface area (Å²) in [5.41, 5.74) is 5.67. The molecule has 0 bridgehead atoms.